The quantitative estimate of drug-likeness (QED) is 0.727. The number of methoxy groups -OCH3 is 1. The molecule has 1 aliphatic carbocycles. The van der Waals surface area contributed by atoms with Gasteiger partial charge in [0.25, 0.3) is 5.91 Å². The zero-order valence-electron chi connectivity index (χ0n) is 13.8. The predicted octanol–water partition coefficient (Wildman–Crippen LogP) is 1.48. The van der Waals surface area contributed by atoms with Crippen LogP contribution in [0.1, 0.15) is 30.1 Å². The highest BCUT2D eigenvalue weighted by molar-refractivity contribution is 7.89. The molecule has 1 aromatic carbocycles. The number of carbonyl (C=O) groups is 1. The number of hydrogen-bond acceptors (Lipinski definition) is 4. The lowest BCUT2D eigenvalue weighted by molar-refractivity contribution is 0.0727. The van der Waals surface area contributed by atoms with E-state index in [-0.39, 0.29) is 23.4 Å². The van der Waals surface area contributed by atoms with Crippen molar-refractivity contribution in [1.29, 1.82) is 0 Å². The summed E-state index contributed by atoms with van der Waals surface area (Å²) < 4.78 is 31.4. The van der Waals surface area contributed by atoms with Crippen molar-refractivity contribution in [1.82, 2.24) is 9.62 Å². The lowest BCUT2D eigenvalue weighted by Crippen LogP contribution is -2.36. The maximum absolute atomic E-state index is 12.4. The summed E-state index contributed by atoms with van der Waals surface area (Å²) in [6, 6.07) is 6.24. The molecule has 1 amide bonds. The van der Waals surface area contributed by atoms with E-state index >= 15 is 0 Å². The number of hydrogen-bond donors (Lipinski definition) is 1. The van der Waals surface area contributed by atoms with Crippen molar-refractivity contribution in [2.75, 3.05) is 27.3 Å². The summed E-state index contributed by atoms with van der Waals surface area (Å²) >= 11 is 0. The largest absolute Gasteiger partial charge is 0.383 e. The Labute approximate surface area is 137 Å². The zero-order chi connectivity index (χ0) is 17.0. The Morgan fingerprint density at radius 3 is 2.48 bits per heavy atom. The number of carbonyl (C=O) groups excluding carboxylic acids is 1. The Bertz CT molecular complexity index is 639. The third-order valence-corrected chi connectivity index (χ3v) is 5.72. The first-order valence-corrected chi connectivity index (χ1v) is 9.21. The van der Waals surface area contributed by atoms with Crippen LogP contribution in [0.15, 0.2) is 29.2 Å². The first-order valence-electron chi connectivity index (χ1n) is 7.72. The summed E-state index contributed by atoms with van der Waals surface area (Å²) in [7, 11) is -0.268. The SMILES string of the molecule is COCCNS(=O)(=O)c1ccc(C(=O)N(C)C(C)C2CC2)cc1. The van der Waals surface area contributed by atoms with Gasteiger partial charge in [0, 0.05) is 32.3 Å². The second-order valence-electron chi connectivity index (χ2n) is 5.91. The van der Waals surface area contributed by atoms with E-state index < -0.39 is 10.0 Å². The second kappa shape index (κ2) is 7.42. The molecule has 0 aliphatic heterocycles. The Morgan fingerprint density at radius 1 is 1.35 bits per heavy atom. The fourth-order valence-electron chi connectivity index (χ4n) is 2.42. The first-order chi connectivity index (χ1) is 10.9. The molecule has 0 heterocycles. The highest BCUT2D eigenvalue weighted by Crippen LogP contribution is 2.35. The van der Waals surface area contributed by atoms with Crippen molar-refractivity contribution < 1.29 is 17.9 Å². The highest BCUT2D eigenvalue weighted by Gasteiger charge is 2.32. The number of benzene rings is 1. The van der Waals surface area contributed by atoms with Crippen LogP contribution < -0.4 is 4.72 Å². The molecule has 23 heavy (non-hydrogen) atoms. The molecule has 0 spiro atoms. The maximum atomic E-state index is 12.4. The summed E-state index contributed by atoms with van der Waals surface area (Å²) in [5.41, 5.74) is 0.496. The third kappa shape index (κ3) is 4.53. The number of amides is 1. The van der Waals surface area contributed by atoms with Crippen LogP contribution >= 0.6 is 0 Å². The molecule has 0 bridgehead atoms. The lowest BCUT2D eigenvalue weighted by atomic mass is 10.1. The summed E-state index contributed by atoms with van der Waals surface area (Å²) in [5, 5.41) is 0. The molecule has 1 fully saturated rings. The second-order valence-corrected chi connectivity index (χ2v) is 7.68. The minimum Gasteiger partial charge on any atom is -0.383 e. The van der Waals surface area contributed by atoms with Gasteiger partial charge in [-0.25, -0.2) is 13.1 Å². The van der Waals surface area contributed by atoms with Gasteiger partial charge in [-0.05, 0) is 49.9 Å². The molecule has 1 unspecified atom stereocenters. The Kier molecular flexibility index (Phi) is 5.78. The molecule has 0 saturated heterocycles. The molecular formula is C16H24N2O4S. The van der Waals surface area contributed by atoms with Crippen molar-refractivity contribution in [3.63, 3.8) is 0 Å². The van der Waals surface area contributed by atoms with Gasteiger partial charge >= 0.3 is 0 Å². The number of sulfonamides is 1. The van der Waals surface area contributed by atoms with Crippen LogP contribution in [0, 0.1) is 5.92 Å². The average molecular weight is 340 g/mol. The van der Waals surface area contributed by atoms with Crippen LogP contribution in [0.5, 0.6) is 0 Å². The van der Waals surface area contributed by atoms with Crippen LogP contribution in [0.25, 0.3) is 0 Å². The normalized spacial score (nSPS) is 16.1. The van der Waals surface area contributed by atoms with Crippen LogP contribution in [0.3, 0.4) is 0 Å². The summed E-state index contributed by atoms with van der Waals surface area (Å²) in [5.74, 6) is 0.509. The average Bonchev–Trinajstić information content (AvgIpc) is 3.38. The minimum atomic E-state index is -3.57. The van der Waals surface area contributed by atoms with Crippen molar-refractivity contribution in [2.45, 2.75) is 30.7 Å². The van der Waals surface area contributed by atoms with Crippen molar-refractivity contribution in [3.05, 3.63) is 29.8 Å². The van der Waals surface area contributed by atoms with Gasteiger partial charge in [0.05, 0.1) is 11.5 Å². The fraction of sp³-hybridized carbons (Fsp3) is 0.562. The minimum absolute atomic E-state index is 0.0827. The van der Waals surface area contributed by atoms with Crippen LogP contribution in [0.4, 0.5) is 0 Å². The molecule has 128 valence electrons. The Morgan fingerprint density at radius 2 is 1.96 bits per heavy atom. The molecule has 1 atom stereocenters. The van der Waals surface area contributed by atoms with E-state index in [1.54, 1.807) is 24.1 Å². The predicted molar refractivity (Wildman–Crippen MR) is 87.8 cm³/mol. The van der Waals surface area contributed by atoms with Gasteiger partial charge in [0.1, 0.15) is 0 Å². The number of nitrogens with one attached hydrogen (secondary N) is 1. The third-order valence-electron chi connectivity index (χ3n) is 4.25. The Balaban J connectivity index is 2.05. The van der Waals surface area contributed by atoms with E-state index in [2.05, 4.69) is 4.72 Å². The smallest absolute Gasteiger partial charge is 0.253 e. The number of rotatable bonds is 8. The molecule has 1 aliphatic rings. The molecule has 1 aromatic rings. The molecule has 7 heteroatoms. The lowest BCUT2D eigenvalue weighted by Gasteiger charge is -2.25. The van der Waals surface area contributed by atoms with E-state index in [9.17, 15) is 13.2 Å². The maximum Gasteiger partial charge on any atom is 0.253 e. The first kappa shape index (κ1) is 17.9. The molecule has 2 rings (SSSR count). The van der Waals surface area contributed by atoms with Crippen LogP contribution in [-0.2, 0) is 14.8 Å². The van der Waals surface area contributed by atoms with E-state index in [1.165, 1.54) is 32.1 Å². The summed E-state index contributed by atoms with van der Waals surface area (Å²) in [4.78, 5) is 14.3. The van der Waals surface area contributed by atoms with Gasteiger partial charge in [-0.15, -0.1) is 0 Å². The van der Waals surface area contributed by atoms with Crippen LogP contribution in [-0.4, -0.2) is 52.6 Å². The van der Waals surface area contributed by atoms with E-state index in [0.717, 1.165) is 0 Å². The zero-order valence-corrected chi connectivity index (χ0v) is 14.6. The topological polar surface area (TPSA) is 75.7 Å². The standard InChI is InChI=1S/C16H24N2O4S/c1-12(13-4-5-13)18(2)16(19)14-6-8-15(9-7-14)23(20,21)17-10-11-22-3/h6-9,12-13,17H,4-5,10-11H2,1-3H3. The van der Waals surface area contributed by atoms with Gasteiger partial charge in [-0.2, -0.15) is 0 Å². The van der Waals surface area contributed by atoms with E-state index in [0.29, 0.717) is 18.1 Å². The molecule has 1 N–H and O–H groups in total. The van der Waals surface area contributed by atoms with Crippen molar-refractivity contribution in [2.24, 2.45) is 5.92 Å². The van der Waals surface area contributed by atoms with Gasteiger partial charge < -0.3 is 9.64 Å². The van der Waals surface area contributed by atoms with Gasteiger partial charge in [0.2, 0.25) is 10.0 Å². The molecular weight excluding hydrogens is 316 g/mol. The van der Waals surface area contributed by atoms with Gasteiger partial charge in [0.15, 0.2) is 0 Å². The molecule has 0 aromatic heterocycles. The van der Waals surface area contributed by atoms with Gasteiger partial charge in [-0.3, -0.25) is 4.79 Å². The van der Waals surface area contributed by atoms with E-state index in [4.69, 9.17) is 4.74 Å². The monoisotopic (exact) mass is 340 g/mol. The molecule has 0 radical (unpaired) electrons. The Hall–Kier alpha value is -1.44. The number of ether oxygens (including phenoxy) is 1. The van der Waals surface area contributed by atoms with Crippen molar-refractivity contribution in [3.8, 4) is 0 Å². The fourth-order valence-corrected chi connectivity index (χ4v) is 3.43. The molecule has 1 saturated carbocycles. The van der Waals surface area contributed by atoms with Crippen LogP contribution in [0.2, 0.25) is 0 Å². The number of nitrogens with zero attached hydrogens (tertiary/aromatic N) is 1. The summed E-state index contributed by atoms with van der Waals surface area (Å²) in [6.45, 7) is 2.56. The molecule has 6 nitrogen and oxygen atoms in total. The van der Waals surface area contributed by atoms with Crippen molar-refractivity contribution >= 4 is 15.9 Å². The summed E-state index contributed by atoms with van der Waals surface area (Å²) in [6.07, 6.45) is 2.34. The highest BCUT2D eigenvalue weighted by atomic mass is 32.2. The van der Waals surface area contributed by atoms with E-state index in [1.807, 2.05) is 6.92 Å². The van der Waals surface area contributed by atoms with Gasteiger partial charge in [-0.1, -0.05) is 0 Å².